The largest absolute Gasteiger partial charge is 0.326 e. The van der Waals surface area contributed by atoms with Crippen molar-refractivity contribution in [3.8, 4) is 6.07 Å². The minimum atomic E-state index is -0.214. The highest BCUT2D eigenvalue weighted by Gasteiger charge is 2.58. The van der Waals surface area contributed by atoms with Crippen LogP contribution in [-0.2, 0) is 17.9 Å². The molecule has 3 atom stereocenters. The van der Waals surface area contributed by atoms with Crippen LogP contribution in [0, 0.1) is 28.6 Å². The Hall–Kier alpha value is -1.90. The molecule has 1 aromatic rings. The molecular formula is C26H34N4O. The van der Waals surface area contributed by atoms with Gasteiger partial charge in [0.15, 0.2) is 0 Å². The molecule has 31 heavy (non-hydrogen) atoms. The van der Waals surface area contributed by atoms with Gasteiger partial charge in [0.2, 0.25) is 5.91 Å². The zero-order valence-electron chi connectivity index (χ0n) is 18.5. The molecule has 7 rings (SSSR count). The van der Waals surface area contributed by atoms with E-state index in [1.54, 1.807) is 0 Å². The lowest BCUT2D eigenvalue weighted by atomic mass is 9.46. The number of benzene rings is 1. The van der Waals surface area contributed by atoms with Crippen LogP contribution in [0.5, 0.6) is 0 Å². The van der Waals surface area contributed by atoms with Gasteiger partial charge in [0.1, 0.15) is 6.04 Å². The zero-order valence-corrected chi connectivity index (χ0v) is 18.5. The van der Waals surface area contributed by atoms with E-state index in [0.29, 0.717) is 12.0 Å². The molecular weight excluding hydrogens is 384 g/mol. The van der Waals surface area contributed by atoms with Gasteiger partial charge in [-0.3, -0.25) is 9.69 Å². The molecule has 1 amide bonds. The number of nitrogens with zero attached hydrogens (tertiary/aromatic N) is 3. The summed E-state index contributed by atoms with van der Waals surface area (Å²) in [5, 5.41) is 13.1. The van der Waals surface area contributed by atoms with Gasteiger partial charge in [-0.05, 0) is 79.7 Å². The van der Waals surface area contributed by atoms with Gasteiger partial charge in [0.05, 0.1) is 12.6 Å². The summed E-state index contributed by atoms with van der Waals surface area (Å²) in [6.07, 6.45) is 9.61. The molecule has 5 nitrogen and oxygen atoms in total. The average molecular weight is 419 g/mol. The lowest BCUT2D eigenvalue weighted by molar-refractivity contribution is -0.133. The van der Waals surface area contributed by atoms with E-state index in [2.05, 4.69) is 40.6 Å². The summed E-state index contributed by atoms with van der Waals surface area (Å²) >= 11 is 0. The quantitative estimate of drug-likeness (QED) is 0.796. The van der Waals surface area contributed by atoms with E-state index in [-0.39, 0.29) is 17.5 Å². The van der Waals surface area contributed by atoms with Crippen molar-refractivity contribution >= 4 is 5.91 Å². The van der Waals surface area contributed by atoms with Gasteiger partial charge < -0.3 is 10.2 Å². The fourth-order valence-corrected chi connectivity index (χ4v) is 8.40. The first-order chi connectivity index (χ1) is 15.1. The molecule has 6 aliphatic rings. The number of rotatable bonds is 5. The first kappa shape index (κ1) is 19.8. The number of nitriles is 1. The molecule has 2 heterocycles. The van der Waals surface area contributed by atoms with Crippen LogP contribution in [0.1, 0.15) is 62.5 Å². The number of hydrogen-bond acceptors (Lipinski definition) is 4. The minimum Gasteiger partial charge on any atom is -0.326 e. The molecule has 164 valence electrons. The molecule has 4 bridgehead atoms. The number of carbonyl (C=O) groups is 1. The van der Waals surface area contributed by atoms with E-state index >= 15 is 0 Å². The van der Waals surface area contributed by atoms with E-state index in [0.717, 1.165) is 44.3 Å². The number of likely N-dealkylation sites (tertiary alicyclic amines) is 1. The Labute approximate surface area is 185 Å². The number of nitrogens with one attached hydrogen (secondary N) is 1. The maximum Gasteiger partial charge on any atom is 0.237 e. The Bertz CT molecular complexity index is 881. The van der Waals surface area contributed by atoms with Crippen molar-refractivity contribution in [3.63, 3.8) is 0 Å². The average Bonchev–Trinajstić information content (AvgIpc) is 3.36. The van der Waals surface area contributed by atoms with E-state index in [4.69, 9.17) is 0 Å². The molecule has 2 aliphatic heterocycles. The molecule has 0 spiro atoms. The molecule has 4 aliphatic carbocycles. The third-order valence-electron chi connectivity index (χ3n) is 8.98. The summed E-state index contributed by atoms with van der Waals surface area (Å²) in [6.45, 7) is 4.54. The topological polar surface area (TPSA) is 59.4 Å². The highest BCUT2D eigenvalue weighted by atomic mass is 16.2. The van der Waals surface area contributed by atoms with Crippen LogP contribution in [0.4, 0.5) is 0 Å². The third-order valence-corrected chi connectivity index (χ3v) is 8.98. The smallest absolute Gasteiger partial charge is 0.237 e. The lowest BCUT2D eigenvalue weighted by Gasteiger charge is -2.63. The van der Waals surface area contributed by atoms with Gasteiger partial charge in [0.25, 0.3) is 0 Å². The summed E-state index contributed by atoms with van der Waals surface area (Å²) in [4.78, 5) is 17.4. The number of carbonyl (C=O) groups excluding carboxylic acids is 1. The number of hydrogen-bond donors (Lipinski definition) is 1. The van der Waals surface area contributed by atoms with Crippen molar-refractivity contribution in [2.24, 2.45) is 17.3 Å². The SMILES string of the molecule is N#C[C@@H]1CCCN1C(=O)CNC12CC3CC(CC(CN4Cc5ccccc5C4)(C3)C1)C2. The highest BCUT2D eigenvalue weighted by molar-refractivity contribution is 5.79. The van der Waals surface area contributed by atoms with Crippen molar-refractivity contribution in [2.75, 3.05) is 19.6 Å². The Morgan fingerprint density at radius 1 is 1.13 bits per heavy atom. The molecule has 4 saturated carbocycles. The maximum absolute atomic E-state index is 12.9. The first-order valence-corrected chi connectivity index (χ1v) is 12.3. The fourth-order valence-electron chi connectivity index (χ4n) is 8.40. The molecule has 1 aromatic carbocycles. The summed E-state index contributed by atoms with van der Waals surface area (Å²) in [5.41, 5.74) is 3.55. The van der Waals surface area contributed by atoms with Crippen LogP contribution < -0.4 is 5.32 Å². The molecule has 5 heteroatoms. The maximum atomic E-state index is 12.9. The molecule has 1 saturated heterocycles. The number of fused-ring (bicyclic) bond motifs is 1. The van der Waals surface area contributed by atoms with Crippen LogP contribution in [0.25, 0.3) is 0 Å². The van der Waals surface area contributed by atoms with Gasteiger partial charge in [0, 0.05) is 31.7 Å². The summed E-state index contributed by atoms with van der Waals surface area (Å²) < 4.78 is 0. The van der Waals surface area contributed by atoms with Crippen molar-refractivity contribution < 1.29 is 4.79 Å². The molecule has 5 fully saturated rings. The van der Waals surface area contributed by atoms with E-state index in [1.165, 1.54) is 56.2 Å². The van der Waals surface area contributed by atoms with Crippen LogP contribution in [0.3, 0.4) is 0 Å². The summed E-state index contributed by atoms with van der Waals surface area (Å²) in [6, 6.07) is 11.0. The van der Waals surface area contributed by atoms with Gasteiger partial charge in [-0.25, -0.2) is 0 Å². The van der Waals surface area contributed by atoms with E-state index < -0.39 is 0 Å². The van der Waals surface area contributed by atoms with Crippen molar-refractivity contribution in [1.82, 2.24) is 15.1 Å². The van der Waals surface area contributed by atoms with Crippen molar-refractivity contribution in [1.29, 1.82) is 5.26 Å². The lowest BCUT2D eigenvalue weighted by Crippen LogP contribution is -2.64. The van der Waals surface area contributed by atoms with Crippen LogP contribution in [-0.4, -0.2) is 46.9 Å². The minimum absolute atomic E-state index is 0.129. The second kappa shape index (κ2) is 7.32. The van der Waals surface area contributed by atoms with Crippen molar-refractivity contribution in [3.05, 3.63) is 35.4 Å². The fraction of sp³-hybridized carbons (Fsp3) is 0.692. The Morgan fingerprint density at radius 2 is 1.84 bits per heavy atom. The first-order valence-electron chi connectivity index (χ1n) is 12.3. The van der Waals surface area contributed by atoms with Gasteiger partial charge in [-0.2, -0.15) is 5.26 Å². The molecule has 2 unspecified atom stereocenters. The van der Waals surface area contributed by atoms with Crippen LogP contribution in [0.15, 0.2) is 24.3 Å². The second-order valence-electron chi connectivity index (χ2n) is 11.4. The Balaban J connectivity index is 1.15. The Kier molecular flexibility index (Phi) is 4.67. The van der Waals surface area contributed by atoms with Gasteiger partial charge in [-0.15, -0.1) is 0 Å². The summed E-state index contributed by atoms with van der Waals surface area (Å²) in [5.74, 6) is 1.75. The monoisotopic (exact) mass is 418 g/mol. The summed E-state index contributed by atoms with van der Waals surface area (Å²) in [7, 11) is 0. The standard InChI is InChI=1S/C26H34N4O/c27-13-23-6-3-7-30(23)24(31)14-28-26-11-19-8-20(12-26)10-25(9-19,17-26)18-29-15-21-4-1-2-5-22(21)16-29/h1-2,4-5,19-20,23,28H,3,6-12,14-18H2/t19?,20?,23-,25?,26?/m0/s1. The van der Waals surface area contributed by atoms with Crippen LogP contribution in [0.2, 0.25) is 0 Å². The van der Waals surface area contributed by atoms with Gasteiger partial charge in [-0.1, -0.05) is 24.3 Å². The second-order valence-corrected chi connectivity index (χ2v) is 11.4. The zero-order chi connectivity index (χ0) is 21.1. The van der Waals surface area contributed by atoms with Crippen LogP contribution >= 0.6 is 0 Å². The predicted molar refractivity (Wildman–Crippen MR) is 119 cm³/mol. The molecule has 1 N–H and O–H groups in total. The molecule has 0 radical (unpaired) electrons. The Morgan fingerprint density at radius 3 is 2.52 bits per heavy atom. The van der Waals surface area contributed by atoms with Gasteiger partial charge >= 0.3 is 0 Å². The van der Waals surface area contributed by atoms with Crippen molar-refractivity contribution in [2.45, 2.75) is 76.0 Å². The molecule has 0 aromatic heterocycles. The predicted octanol–water partition coefficient (Wildman–Crippen LogP) is 3.45. The normalized spacial score (nSPS) is 38.4. The van der Waals surface area contributed by atoms with E-state index in [9.17, 15) is 10.1 Å². The third kappa shape index (κ3) is 3.49. The highest BCUT2D eigenvalue weighted by Crippen LogP contribution is 2.62. The number of amides is 1. The van der Waals surface area contributed by atoms with E-state index in [1.807, 2.05) is 4.90 Å².